The van der Waals surface area contributed by atoms with Crippen LogP contribution in [0.1, 0.15) is 107 Å². The predicted octanol–water partition coefficient (Wildman–Crippen LogP) is -4.20. The van der Waals surface area contributed by atoms with E-state index in [4.69, 9.17) is 17.2 Å². The summed E-state index contributed by atoms with van der Waals surface area (Å²) < 4.78 is 0. The number of aliphatic hydroxyl groups is 1. The molecule has 3 aliphatic heterocycles. The molecule has 51 heteroatoms. The third-order valence-electron chi connectivity index (χ3n) is 25.4. The number of unbranched alkanes of at least 4 members (excludes halogenated alkanes) is 2. The number of para-hydroxylation sites is 2. The number of aromatic amines is 3. The first kappa shape index (κ1) is 114. The number of H-pyrrole nitrogens is 3. The average molecular weight is 2080 g/mol. The minimum atomic E-state index is -2.14. The van der Waals surface area contributed by atoms with E-state index in [1.54, 1.807) is 124 Å². The summed E-state index contributed by atoms with van der Waals surface area (Å²) >= 11 is 0. The molecule has 3 aromatic heterocycles. The van der Waals surface area contributed by atoms with Gasteiger partial charge in [0.25, 0.3) is 0 Å². The molecule has 3 saturated heterocycles. The maximum Gasteiger partial charge on any atom is 0.317 e. The van der Waals surface area contributed by atoms with E-state index >= 15 is 38.4 Å². The minimum absolute atomic E-state index is 0.0216. The van der Waals surface area contributed by atoms with Gasteiger partial charge in [-0.05, 0) is 78.1 Å². The zero-order chi connectivity index (χ0) is 107. The number of hydrogen-bond donors (Lipinski definition) is 23. The summed E-state index contributed by atoms with van der Waals surface area (Å²) in [5, 5.41) is 84.3. The van der Waals surface area contributed by atoms with E-state index in [0.717, 1.165) is 12.3 Å². The van der Waals surface area contributed by atoms with E-state index in [1.807, 2.05) is 0 Å². The molecule has 0 saturated carbocycles. The lowest BCUT2D eigenvalue weighted by Gasteiger charge is -2.32. The van der Waals surface area contributed by atoms with Crippen LogP contribution in [0.5, 0.6) is 0 Å². The van der Waals surface area contributed by atoms with Gasteiger partial charge < -0.3 is 126 Å². The number of rotatable bonds is 42. The Morgan fingerprint density at radius 3 is 1.52 bits per heavy atom. The number of carbonyl (C=O) groups is 20. The number of carboxylic acid groups (broad SMARTS) is 4. The lowest BCUT2D eigenvalue weighted by atomic mass is 9.97. The molecule has 14 atom stereocenters. The number of benzene rings is 4. The fourth-order valence-corrected chi connectivity index (χ4v) is 19.7. The van der Waals surface area contributed by atoms with Gasteiger partial charge in [-0.15, -0.1) is 0 Å². The third kappa shape index (κ3) is 35.3. The summed E-state index contributed by atoms with van der Waals surface area (Å²) in [5.41, 5.74) is 20.2. The summed E-state index contributed by atoms with van der Waals surface area (Å²) in [6.07, 6.45) is 0.524. The molecule has 6 heterocycles. The van der Waals surface area contributed by atoms with Gasteiger partial charge in [0.1, 0.15) is 72.5 Å². The molecule has 0 radical (unpaired) electrons. The van der Waals surface area contributed by atoms with Crippen LogP contribution in [-0.2, 0) is 122 Å². The Balaban J connectivity index is 0.920. The Labute approximate surface area is 851 Å². The molecular weight excluding hydrogens is 1950 g/mol. The van der Waals surface area contributed by atoms with E-state index < -0.39 is 247 Å². The largest absolute Gasteiger partial charge is 0.481 e. The predicted molar refractivity (Wildman–Crippen MR) is 535 cm³/mol. The van der Waals surface area contributed by atoms with Crippen molar-refractivity contribution in [2.75, 3.05) is 103 Å². The molecule has 10 rings (SSSR count). The van der Waals surface area contributed by atoms with E-state index in [0.29, 0.717) is 84.7 Å². The molecule has 0 spiro atoms. The summed E-state index contributed by atoms with van der Waals surface area (Å²) in [4.78, 5) is 303. The molecule has 0 bridgehead atoms. The van der Waals surface area contributed by atoms with Gasteiger partial charge in [0, 0.05) is 155 Å². The second-order valence-corrected chi connectivity index (χ2v) is 39.1. The van der Waals surface area contributed by atoms with Crippen LogP contribution in [0.4, 0.5) is 0 Å². The van der Waals surface area contributed by atoms with E-state index in [1.165, 1.54) is 30.5 Å². The van der Waals surface area contributed by atoms with Crippen molar-refractivity contribution in [1.82, 2.24) is 108 Å². The van der Waals surface area contributed by atoms with Gasteiger partial charge in [-0.2, -0.15) is 0 Å². The number of carbonyl (C=O) groups excluding carboxylic acids is 16. The molecule has 7 aromatic rings. The SMILES string of the molecule is CC[C@H](C)C(NC(=O)[C@@H](NC(=O)[C@H](Cc1c[nH]c2ccccc12)NC(=O)CCCCCNC(=O)CN1CCN(CC(=O)O)CCN(CC(=O)O)CCN(CC(=O)O)CC1)[C@@H](C)O)C(=O)N[C@H]1CSSC[C@@H](C(=O)N[C@@H](Cc2cccc3ccccc23)C(=O)N2CCC[C@H]2C(N)=O)NC(=O)[C@H](CC(=O)O)NC(=O)[C@H](Cc2cnc[nH]2)NC(=O)[C@H](Cc2c[nH]c3ccccc23)NC(=O)[C@H](CC(N)=O)NC(=O)[C@H](CC(N)=O)NC1=O. The van der Waals surface area contributed by atoms with Gasteiger partial charge in [0.15, 0.2) is 0 Å². The molecule has 794 valence electrons. The zero-order valence-electron chi connectivity index (χ0n) is 81.4. The van der Waals surface area contributed by atoms with Crippen LogP contribution in [0.2, 0.25) is 0 Å². The highest BCUT2D eigenvalue weighted by Crippen LogP contribution is 2.29. The second kappa shape index (κ2) is 56.1. The van der Waals surface area contributed by atoms with Crippen molar-refractivity contribution in [3.05, 3.63) is 138 Å². The summed E-state index contributed by atoms with van der Waals surface area (Å²) in [6.45, 7) is 4.70. The molecule has 49 nitrogen and oxygen atoms in total. The van der Waals surface area contributed by atoms with Gasteiger partial charge in [-0.25, -0.2) is 4.98 Å². The van der Waals surface area contributed by atoms with Crippen LogP contribution < -0.4 is 81.0 Å². The Hall–Kier alpha value is -14.7. The van der Waals surface area contributed by atoms with Crippen molar-refractivity contribution >= 4 is 173 Å². The highest BCUT2D eigenvalue weighted by molar-refractivity contribution is 8.76. The molecule has 0 aliphatic carbocycles. The van der Waals surface area contributed by atoms with Gasteiger partial charge in [-0.1, -0.05) is 127 Å². The van der Waals surface area contributed by atoms with E-state index in [9.17, 15) is 83.1 Å². The molecule has 1 unspecified atom stereocenters. The van der Waals surface area contributed by atoms with Crippen molar-refractivity contribution in [2.45, 2.75) is 189 Å². The molecule has 4 aromatic carbocycles. The maximum absolute atomic E-state index is 15.6. The van der Waals surface area contributed by atoms with Crippen LogP contribution in [-0.4, -0.2) is 370 Å². The quantitative estimate of drug-likeness (QED) is 0.0127. The zero-order valence-corrected chi connectivity index (χ0v) is 83.0. The number of nitrogens with two attached hydrogens (primary N) is 3. The second-order valence-electron chi connectivity index (χ2n) is 36.5. The van der Waals surface area contributed by atoms with Crippen molar-refractivity contribution in [2.24, 2.45) is 23.1 Å². The summed E-state index contributed by atoms with van der Waals surface area (Å²) in [7, 11) is 1.38. The van der Waals surface area contributed by atoms with Gasteiger partial charge in [-0.3, -0.25) is 115 Å². The van der Waals surface area contributed by atoms with Crippen LogP contribution in [0.25, 0.3) is 32.6 Å². The van der Waals surface area contributed by atoms with Crippen LogP contribution >= 0.6 is 21.6 Å². The lowest BCUT2D eigenvalue weighted by molar-refractivity contribution is -0.142. The first-order valence-corrected chi connectivity index (χ1v) is 50.7. The van der Waals surface area contributed by atoms with Gasteiger partial charge in [0.05, 0.1) is 57.9 Å². The number of hydrogen-bond acceptors (Lipinski definition) is 28. The Bertz CT molecular complexity index is 5830. The average Bonchev–Trinajstić information content (AvgIpc) is 1.48. The third-order valence-corrected chi connectivity index (χ3v) is 27.8. The first-order valence-electron chi connectivity index (χ1n) is 48.2. The molecular formula is C96H128N24O25S2. The van der Waals surface area contributed by atoms with Crippen LogP contribution in [0.3, 0.4) is 0 Å². The molecule has 26 N–H and O–H groups in total. The Kier molecular flexibility index (Phi) is 43.6. The highest BCUT2D eigenvalue weighted by atomic mass is 33.1. The van der Waals surface area contributed by atoms with E-state index in [2.05, 4.69) is 83.7 Å². The monoisotopic (exact) mass is 2080 g/mol. The number of aliphatic carboxylic acids is 4. The van der Waals surface area contributed by atoms with Crippen molar-refractivity contribution in [3.63, 3.8) is 0 Å². The fraction of sp³-hybridized carbons (Fsp3) is 0.490. The molecule has 3 fully saturated rings. The van der Waals surface area contributed by atoms with Crippen molar-refractivity contribution in [3.8, 4) is 0 Å². The number of fused-ring (bicyclic) bond motifs is 3. The highest BCUT2D eigenvalue weighted by Gasteiger charge is 2.43. The first-order chi connectivity index (χ1) is 70.2. The standard InChI is InChI=1S/C96H128N24O25S2/c1-4-53(2)83(114-95(144)84(54(3)121)115-91(140)65(37-57-43-102-63-22-11-9-20-61(57)63)105-77(124)25-6-5-13-26-101-78(125)46-116-28-30-117(47-80(128)129)32-34-119(49-82(132)133)35-33-118(31-29-116)48-81(130)131)94(143)113-73-51-147-146-50-72(93(142)111-71(96(145)120-27-15-24-74(120)85(99)134)36-56-18-14-17-55-16-7-8-19-60(55)56)112-90(139)70(42-79(126)127)110-87(136)67(39-59-45-100-52-104-59)107-86(135)66(38-58-44-103-64-23-12-10-21-62(58)64)106-88(137)68(40-75(97)122)108-89(138)69(41-76(98)123)109-92(73)141/h7-12,14,16-23,43-45,52-54,65-74,83-84,102-103,121H,4-6,13,15,24-42,46-51H2,1-3H3,(H2,97,122)(H2,98,123)(H2,99,134)(H,100,104)(H,101,125)(H,105,124)(H,106,137)(H,107,135)(H,108,138)(H,109,141)(H,110,136)(H,111,142)(H,112,139)(H,113,143)(H,114,144)(H,115,140)(H,126,127)(H,128,129)(H,130,131)(H,132,133)/t53-,54+,65-,66-,67-,68-,69-,70-,71-,72-,73-,74-,83?,84-/m0/s1. The van der Waals surface area contributed by atoms with Gasteiger partial charge >= 0.3 is 23.9 Å². The number of amides is 16. The number of imidazole rings is 1. The number of aliphatic hydroxyl groups excluding tert-OH is 1. The van der Waals surface area contributed by atoms with Crippen LogP contribution in [0, 0.1) is 5.92 Å². The Morgan fingerprint density at radius 1 is 0.476 bits per heavy atom. The smallest absolute Gasteiger partial charge is 0.317 e. The number of carboxylic acids is 4. The molecule has 147 heavy (non-hydrogen) atoms. The maximum atomic E-state index is 15.6. The lowest BCUT2D eigenvalue weighted by Crippen LogP contribution is -2.63. The fourth-order valence-electron chi connectivity index (χ4n) is 17.4. The summed E-state index contributed by atoms with van der Waals surface area (Å²) in [5.74, 6) is -24.6. The number of nitrogens with zero attached hydrogens (tertiary/aromatic N) is 6. The normalized spacial score (nSPS) is 20.7. The van der Waals surface area contributed by atoms with Crippen molar-refractivity contribution < 1.29 is 121 Å². The molecule has 16 amide bonds. The van der Waals surface area contributed by atoms with Gasteiger partial charge in [0.2, 0.25) is 94.5 Å². The van der Waals surface area contributed by atoms with Crippen molar-refractivity contribution in [1.29, 1.82) is 0 Å². The number of nitrogens with one attached hydrogen (secondary N) is 15. The molecule has 3 aliphatic rings. The number of likely N-dealkylation sites (tertiary alicyclic amines) is 1. The minimum Gasteiger partial charge on any atom is -0.481 e. The number of aromatic nitrogens is 4. The summed E-state index contributed by atoms with van der Waals surface area (Å²) in [6, 6.07) is 4.40. The number of primary amides is 3. The topological polar surface area (TPSA) is 741 Å². The van der Waals surface area contributed by atoms with E-state index in [-0.39, 0.29) is 136 Å². The Morgan fingerprint density at radius 2 is 0.973 bits per heavy atom. The van der Waals surface area contributed by atoms with Crippen LogP contribution in [0.15, 0.2) is 116 Å².